The van der Waals surface area contributed by atoms with Gasteiger partial charge in [-0.05, 0) is 61.2 Å². The third kappa shape index (κ3) is 4.77. The summed E-state index contributed by atoms with van der Waals surface area (Å²) in [6.07, 6.45) is -0.288. The summed E-state index contributed by atoms with van der Waals surface area (Å²) in [6.45, 7) is 6.75. The van der Waals surface area contributed by atoms with E-state index < -0.39 is 11.7 Å². The zero-order valence-electron chi connectivity index (χ0n) is 17.2. The van der Waals surface area contributed by atoms with E-state index in [1.54, 1.807) is 0 Å². The van der Waals surface area contributed by atoms with Gasteiger partial charge >= 0.3 is 6.18 Å². The predicted octanol–water partition coefficient (Wildman–Crippen LogP) is 5.03. The maximum atomic E-state index is 12.8. The SMILES string of the molecule is C=CC(=O)N1CCC(N2CCc3c(cccc3Oc3ccc(C(F)(F)F)cc3)C2)CC1. The number of carbonyl (C=O) groups is 1. The number of carbonyl (C=O) groups excluding carboxylic acids is 1. The van der Waals surface area contributed by atoms with Crippen molar-refractivity contribution >= 4 is 5.91 Å². The zero-order valence-corrected chi connectivity index (χ0v) is 17.2. The van der Waals surface area contributed by atoms with Crippen LogP contribution in [0.1, 0.15) is 29.5 Å². The highest BCUT2D eigenvalue weighted by atomic mass is 19.4. The predicted molar refractivity (Wildman–Crippen MR) is 112 cm³/mol. The van der Waals surface area contributed by atoms with Gasteiger partial charge in [0.25, 0.3) is 0 Å². The number of likely N-dealkylation sites (tertiary alicyclic amines) is 1. The van der Waals surface area contributed by atoms with Gasteiger partial charge < -0.3 is 9.64 Å². The van der Waals surface area contributed by atoms with Crippen molar-refractivity contribution in [2.75, 3.05) is 19.6 Å². The molecule has 2 aromatic carbocycles. The molecule has 0 aromatic heterocycles. The van der Waals surface area contributed by atoms with Crippen LogP contribution in [0, 0.1) is 0 Å². The number of benzene rings is 2. The van der Waals surface area contributed by atoms with Gasteiger partial charge in [-0.15, -0.1) is 0 Å². The van der Waals surface area contributed by atoms with Crippen molar-refractivity contribution in [3.8, 4) is 11.5 Å². The van der Waals surface area contributed by atoms with Crippen molar-refractivity contribution < 1.29 is 22.7 Å². The Morgan fingerprint density at radius 2 is 1.77 bits per heavy atom. The third-order valence-electron chi connectivity index (χ3n) is 6.13. The first-order valence-corrected chi connectivity index (χ1v) is 10.5. The standard InChI is InChI=1S/C24H25F3N2O2/c1-2-23(30)28-13-10-19(11-14-28)29-15-12-21-17(16-29)4-3-5-22(21)31-20-8-6-18(7-9-20)24(25,26)27/h2-9,19H,1,10-16H2. The van der Waals surface area contributed by atoms with Crippen LogP contribution in [0.3, 0.4) is 0 Å². The highest BCUT2D eigenvalue weighted by molar-refractivity contribution is 5.87. The number of nitrogens with zero attached hydrogens (tertiary/aromatic N) is 2. The number of alkyl halides is 3. The Bertz CT molecular complexity index is 948. The van der Waals surface area contributed by atoms with Gasteiger partial charge in [0.05, 0.1) is 5.56 Å². The van der Waals surface area contributed by atoms with E-state index in [-0.39, 0.29) is 5.91 Å². The monoisotopic (exact) mass is 430 g/mol. The molecule has 2 aliphatic heterocycles. The number of hydrogen-bond acceptors (Lipinski definition) is 3. The van der Waals surface area contributed by atoms with Crippen molar-refractivity contribution in [3.05, 3.63) is 71.8 Å². The zero-order chi connectivity index (χ0) is 22.0. The highest BCUT2D eigenvalue weighted by Gasteiger charge is 2.31. The molecular formula is C24H25F3N2O2. The Morgan fingerprint density at radius 1 is 1.06 bits per heavy atom. The van der Waals surface area contributed by atoms with Crippen LogP contribution in [0.5, 0.6) is 11.5 Å². The molecule has 4 nitrogen and oxygen atoms in total. The summed E-state index contributed by atoms with van der Waals surface area (Å²) < 4.78 is 44.3. The van der Waals surface area contributed by atoms with E-state index in [2.05, 4.69) is 17.5 Å². The smallest absolute Gasteiger partial charge is 0.416 e. The van der Waals surface area contributed by atoms with Crippen LogP contribution in [-0.2, 0) is 23.9 Å². The van der Waals surface area contributed by atoms with Gasteiger partial charge in [-0.2, -0.15) is 13.2 Å². The van der Waals surface area contributed by atoms with E-state index in [1.807, 2.05) is 17.0 Å². The first kappa shape index (κ1) is 21.4. The van der Waals surface area contributed by atoms with Crippen molar-refractivity contribution in [1.82, 2.24) is 9.80 Å². The molecule has 0 N–H and O–H groups in total. The fourth-order valence-electron chi connectivity index (χ4n) is 4.42. The Balaban J connectivity index is 1.42. The molecular weight excluding hydrogens is 405 g/mol. The molecule has 1 amide bonds. The molecule has 0 aliphatic carbocycles. The lowest BCUT2D eigenvalue weighted by Gasteiger charge is -2.40. The molecule has 7 heteroatoms. The van der Waals surface area contributed by atoms with Crippen molar-refractivity contribution in [2.24, 2.45) is 0 Å². The average Bonchev–Trinajstić information content (AvgIpc) is 2.78. The van der Waals surface area contributed by atoms with Crippen LogP contribution in [0.4, 0.5) is 13.2 Å². The number of hydrogen-bond donors (Lipinski definition) is 0. The first-order chi connectivity index (χ1) is 14.8. The van der Waals surface area contributed by atoms with Crippen LogP contribution in [0.25, 0.3) is 0 Å². The first-order valence-electron chi connectivity index (χ1n) is 10.5. The van der Waals surface area contributed by atoms with E-state index >= 15 is 0 Å². The van der Waals surface area contributed by atoms with Crippen LogP contribution in [0.15, 0.2) is 55.1 Å². The van der Waals surface area contributed by atoms with Crippen molar-refractivity contribution in [2.45, 2.75) is 38.0 Å². The summed E-state index contributed by atoms with van der Waals surface area (Å²) in [7, 11) is 0. The minimum absolute atomic E-state index is 0.00695. The Kier molecular flexibility index (Phi) is 6.05. The molecule has 164 valence electrons. The second-order valence-electron chi connectivity index (χ2n) is 8.00. The third-order valence-corrected chi connectivity index (χ3v) is 6.13. The summed E-state index contributed by atoms with van der Waals surface area (Å²) in [5.74, 6) is 1.08. The van der Waals surface area contributed by atoms with Gasteiger partial charge in [-0.25, -0.2) is 0 Å². The number of fused-ring (bicyclic) bond motifs is 1. The van der Waals surface area contributed by atoms with Crippen LogP contribution < -0.4 is 4.74 Å². The molecule has 0 atom stereocenters. The molecule has 2 aliphatic rings. The van der Waals surface area contributed by atoms with Gasteiger partial charge in [-0.3, -0.25) is 9.69 Å². The van der Waals surface area contributed by atoms with E-state index in [4.69, 9.17) is 4.74 Å². The van der Waals surface area contributed by atoms with E-state index in [0.717, 1.165) is 63.1 Å². The van der Waals surface area contributed by atoms with Gasteiger partial charge in [-0.1, -0.05) is 18.7 Å². The maximum Gasteiger partial charge on any atom is 0.416 e. The quantitative estimate of drug-likeness (QED) is 0.638. The topological polar surface area (TPSA) is 32.8 Å². The molecule has 1 fully saturated rings. The summed E-state index contributed by atoms with van der Waals surface area (Å²) >= 11 is 0. The molecule has 0 unspecified atom stereocenters. The Hall–Kier alpha value is -2.80. The molecule has 0 radical (unpaired) electrons. The van der Waals surface area contributed by atoms with Crippen molar-refractivity contribution in [3.63, 3.8) is 0 Å². The van der Waals surface area contributed by atoms with Gasteiger partial charge in [0.15, 0.2) is 0 Å². The van der Waals surface area contributed by atoms with Crippen LogP contribution >= 0.6 is 0 Å². The molecule has 4 rings (SSSR count). The Morgan fingerprint density at radius 3 is 2.42 bits per heavy atom. The minimum atomic E-state index is -4.36. The van der Waals surface area contributed by atoms with Crippen LogP contribution in [0.2, 0.25) is 0 Å². The molecule has 2 heterocycles. The molecule has 31 heavy (non-hydrogen) atoms. The normalized spacial score (nSPS) is 17.8. The van der Waals surface area contributed by atoms with E-state index in [0.29, 0.717) is 17.5 Å². The van der Waals surface area contributed by atoms with Gasteiger partial charge in [0.2, 0.25) is 5.91 Å². The maximum absolute atomic E-state index is 12.8. The summed E-state index contributed by atoms with van der Waals surface area (Å²) in [4.78, 5) is 16.1. The number of halogens is 3. The fraction of sp³-hybridized carbons (Fsp3) is 0.375. The van der Waals surface area contributed by atoms with E-state index in [1.165, 1.54) is 23.8 Å². The lowest BCUT2D eigenvalue weighted by molar-refractivity contribution is -0.137. The Labute approximate surface area is 179 Å². The average molecular weight is 430 g/mol. The fourth-order valence-corrected chi connectivity index (χ4v) is 4.42. The number of rotatable bonds is 4. The van der Waals surface area contributed by atoms with Gasteiger partial charge in [0, 0.05) is 37.8 Å². The van der Waals surface area contributed by atoms with Crippen molar-refractivity contribution in [1.29, 1.82) is 0 Å². The summed E-state index contributed by atoms with van der Waals surface area (Å²) in [5.41, 5.74) is 1.60. The number of ether oxygens (including phenoxy) is 1. The lowest BCUT2D eigenvalue weighted by atomic mass is 9.94. The molecule has 0 spiro atoms. The highest BCUT2D eigenvalue weighted by Crippen LogP contribution is 2.35. The second-order valence-corrected chi connectivity index (χ2v) is 8.00. The number of piperidine rings is 1. The summed E-state index contributed by atoms with van der Waals surface area (Å²) in [5, 5.41) is 0. The van der Waals surface area contributed by atoms with Gasteiger partial charge in [0.1, 0.15) is 11.5 Å². The summed E-state index contributed by atoms with van der Waals surface area (Å²) in [6, 6.07) is 11.1. The van der Waals surface area contributed by atoms with E-state index in [9.17, 15) is 18.0 Å². The molecule has 1 saturated heterocycles. The largest absolute Gasteiger partial charge is 0.457 e. The number of amides is 1. The lowest BCUT2D eigenvalue weighted by Crippen LogP contribution is -2.47. The molecule has 0 saturated carbocycles. The molecule has 0 bridgehead atoms. The molecule has 2 aromatic rings. The second kappa shape index (κ2) is 8.75. The van der Waals surface area contributed by atoms with Crippen LogP contribution in [-0.4, -0.2) is 41.4 Å². The minimum Gasteiger partial charge on any atom is -0.457 e.